The van der Waals surface area contributed by atoms with Gasteiger partial charge in [-0.3, -0.25) is 4.57 Å². The Hall–Kier alpha value is -0.110. The molecular weight excluding hydrogens is 163 g/mol. The quantitative estimate of drug-likeness (QED) is 0.462. The van der Waals surface area contributed by atoms with Crippen molar-refractivity contribution in [1.82, 2.24) is 0 Å². The fourth-order valence-corrected chi connectivity index (χ4v) is 3.40. The molecule has 3 nitrogen and oxygen atoms in total. The van der Waals surface area contributed by atoms with Gasteiger partial charge in [0.2, 0.25) is 0 Å². The highest BCUT2D eigenvalue weighted by Gasteiger charge is 2.44. The maximum atomic E-state index is 10.9. The third-order valence-corrected chi connectivity index (χ3v) is 4.13. The van der Waals surface area contributed by atoms with E-state index in [1.165, 1.54) is 0 Å². The zero-order chi connectivity index (χ0) is 8.06. The molecule has 62 valence electrons. The highest BCUT2D eigenvalue weighted by atomic mass is 31.2. The van der Waals surface area contributed by atoms with E-state index < -0.39 is 7.60 Å². The van der Waals surface area contributed by atoms with Gasteiger partial charge in [0.25, 0.3) is 0 Å². The average molecular weight is 174 g/mol. The molecule has 2 aliphatic rings. The normalized spacial score (nSPS) is 41.8. The van der Waals surface area contributed by atoms with E-state index in [1.807, 2.05) is 6.08 Å². The fourth-order valence-electron chi connectivity index (χ4n) is 2.14. The van der Waals surface area contributed by atoms with Crippen molar-refractivity contribution in [3.05, 3.63) is 12.2 Å². The molecule has 1 fully saturated rings. The number of hydrogen-bond donors (Lipinski definition) is 2. The SMILES string of the molecule is O=P(O)(O)C1CC2C=CC1C2. The topological polar surface area (TPSA) is 57.5 Å². The van der Waals surface area contributed by atoms with Crippen LogP contribution in [0.15, 0.2) is 12.2 Å². The van der Waals surface area contributed by atoms with Gasteiger partial charge in [-0.05, 0) is 24.7 Å². The van der Waals surface area contributed by atoms with Gasteiger partial charge >= 0.3 is 7.60 Å². The van der Waals surface area contributed by atoms with Crippen LogP contribution >= 0.6 is 7.60 Å². The van der Waals surface area contributed by atoms with Crippen molar-refractivity contribution in [3.63, 3.8) is 0 Å². The summed E-state index contributed by atoms with van der Waals surface area (Å²) >= 11 is 0. The monoisotopic (exact) mass is 174 g/mol. The van der Waals surface area contributed by atoms with Crippen molar-refractivity contribution in [2.24, 2.45) is 11.8 Å². The minimum atomic E-state index is -3.81. The molecule has 0 aromatic carbocycles. The van der Waals surface area contributed by atoms with Crippen LogP contribution in [0.4, 0.5) is 0 Å². The molecular formula is C7H11O3P. The standard InChI is InChI=1S/C7H11O3P/c8-11(9,10)7-4-5-1-2-6(7)3-5/h1-2,5-7H,3-4H2,(H2,8,9,10). The maximum Gasteiger partial charge on any atom is 0.329 e. The third-order valence-electron chi connectivity index (χ3n) is 2.68. The molecule has 0 heterocycles. The second-order valence-electron chi connectivity index (χ2n) is 3.44. The first-order valence-corrected chi connectivity index (χ1v) is 5.49. The Bertz CT molecular complexity index is 242. The lowest BCUT2D eigenvalue weighted by atomic mass is 10.1. The molecule has 1 saturated carbocycles. The van der Waals surface area contributed by atoms with Crippen LogP contribution in [0, 0.1) is 11.8 Å². The van der Waals surface area contributed by atoms with Gasteiger partial charge in [0.1, 0.15) is 0 Å². The predicted octanol–water partition coefficient (Wildman–Crippen LogP) is 1.13. The molecule has 0 aromatic heterocycles. The molecule has 0 saturated heterocycles. The van der Waals surface area contributed by atoms with E-state index >= 15 is 0 Å². The van der Waals surface area contributed by atoms with Crippen LogP contribution in [0.1, 0.15) is 12.8 Å². The first-order chi connectivity index (χ1) is 5.07. The molecule has 0 spiro atoms. The molecule has 0 aromatic rings. The van der Waals surface area contributed by atoms with Crippen molar-refractivity contribution in [1.29, 1.82) is 0 Å². The van der Waals surface area contributed by atoms with Gasteiger partial charge in [0.15, 0.2) is 0 Å². The molecule has 0 aliphatic heterocycles. The summed E-state index contributed by atoms with van der Waals surface area (Å²) in [6.45, 7) is 0. The molecule has 3 atom stereocenters. The number of hydrogen-bond acceptors (Lipinski definition) is 1. The second-order valence-corrected chi connectivity index (χ2v) is 5.28. The van der Waals surface area contributed by atoms with E-state index in [1.54, 1.807) is 0 Å². The van der Waals surface area contributed by atoms with E-state index in [-0.39, 0.29) is 11.6 Å². The lowest BCUT2D eigenvalue weighted by Gasteiger charge is -2.18. The van der Waals surface area contributed by atoms with Crippen LogP contribution < -0.4 is 0 Å². The van der Waals surface area contributed by atoms with Gasteiger partial charge in [0.05, 0.1) is 5.66 Å². The van der Waals surface area contributed by atoms with Gasteiger partial charge in [-0.2, -0.15) is 0 Å². The summed E-state index contributed by atoms with van der Waals surface area (Å²) in [6, 6.07) is 0. The number of fused-ring (bicyclic) bond motifs is 2. The largest absolute Gasteiger partial charge is 0.329 e. The van der Waals surface area contributed by atoms with Crippen molar-refractivity contribution in [2.75, 3.05) is 0 Å². The Morgan fingerprint density at radius 1 is 1.27 bits per heavy atom. The lowest BCUT2D eigenvalue weighted by molar-refractivity contribution is 0.349. The summed E-state index contributed by atoms with van der Waals surface area (Å²) in [7, 11) is -3.81. The van der Waals surface area contributed by atoms with Crippen LogP contribution in [-0.2, 0) is 4.57 Å². The number of allylic oxidation sites excluding steroid dienone is 2. The summed E-state index contributed by atoms with van der Waals surface area (Å²) in [5, 5.41) is 0. The van der Waals surface area contributed by atoms with Crippen LogP contribution in [0.5, 0.6) is 0 Å². The van der Waals surface area contributed by atoms with Crippen LogP contribution in [-0.4, -0.2) is 15.4 Å². The Kier molecular flexibility index (Phi) is 1.50. The second kappa shape index (κ2) is 2.19. The van der Waals surface area contributed by atoms with E-state index in [0.29, 0.717) is 12.3 Å². The summed E-state index contributed by atoms with van der Waals surface area (Å²) in [5.74, 6) is 0.596. The van der Waals surface area contributed by atoms with Crippen LogP contribution in [0.2, 0.25) is 0 Å². The summed E-state index contributed by atoms with van der Waals surface area (Å²) in [5.41, 5.74) is -0.377. The van der Waals surface area contributed by atoms with E-state index in [4.69, 9.17) is 9.79 Å². The molecule has 2 rings (SSSR count). The predicted molar refractivity (Wildman–Crippen MR) is 41.2 cm³/mol. The minimum absolute atomic E-state index is 0.154. The van der Waals surface area contributed by atoms with Crippen molar-refractivity contribution < 1.29 is 14.4 Å². The first kappa shape index (κ1) is 7.53. The minimum Gasteiger partial charge on any atom is -0.324 e. The molecule has 2 aliphatic carbocycles. The molecule has 0 amide bonds. The molecule has 2 bridgehead atoms. The van der Waals surface area contributed by atoms with Crippen LogP contribution in [0.3, 0.4) is 0 Å². The van der Waals surface area contributed by atoms with Crippen molar-refractivity contribution in [2.45, 2.75) is 18.5 Å². The molecule has 11 heavy (non-hydrogen) atoms. The highest BCUT2D eigenvalue weighted by molar-refractivity contribution is 7.52. The van der Waals surface area contributed by atoms with Gasteiger partial charge in [-0.25, -0.2) is 0 Å². The zero-order valence-electron chi connectivity index (χ0n) is 6.05. The molecule has 0 radical (unpaired) electrons. The maximum absolute atomic E-state index is 10.9. The first-order valence-electron chi connectivity index (χ1n) is 3.81. The average Bonchev–Trinajstić information content (AvgIpc) is 2.42. The van der Waals surface area contributed by atoms with Crippen molar-refractivity contribution >= 4 is 7.60 Å². The van der Waals surface area contributed by atoms with Crippen molar-refractivity contribution in [3.8, 4) is 0 Å². The van der Waals surface area contributed by atoms with E-state index in [9.17, 15) is 4.57 Å². The summed E-state index contributed by atoms with van der Waals surface area (Å²) in [4.78, 5) is 17.8. The summed E-state index contributed by atoms with van der Waals surface area (Å²) < 4.78 is 10.9. The Morgan fingerprint density at radius 2 is 2.00 bits per heavy atom. The van der Waals surface area contributed by atoms with E-state index in [2.05, 4.69) is 6.08 Å². The van der Waals surface area contributed by atoms with Crippen LogP contribution in [0.25, 0.3) is 0 Å². The molecule has 3 unspecified atom stereocenters. The van der Waals surface area contributed by atoms with E-state index in [0.717, 1.165) is 6.42 Å². The third kappa shape index (κ3) is 1.18. The highest BCUT2D eigenvalue weighted by Crippen LogP contribution is 2.56. The van der Waals surface area contributed by atoms with Gasteiger partial charge in [0, 0.05) is 0 Å². The smallest absolute Gasteiger partial charge is 0.324 e. The lowest BCUT2D eigenvalue weighted by Crippen LogP contribution is -2.13. The number of rotatable bonds is 1. The van der Waals surface area contributed by atoms with Gasteiger partial charge < -0.3 is 9.79 Å². The Morgan fingerprint density at radius 3 is 2.27 bits per heavy atom. The molecule has 2 N–H and O–H groups in total. The molecule has 4 heteroatoms. The van der Waals surface area contributed by atoms with Gasteiger partial charge in [-0.1, -0.05) is 12.2 Å². The Balaban J connectivity index is 2.21. The fraction of sp³-hybridized carbons (Fsp3) is 0.714. The zero-order valence-corrected chi connectivity index (χ0v) is 6.95. The summed E-state index contributed by atoms with van der Waals surface area (Å²) in [6.07, 6.45) is 5.68. The Labute approximate surface area is 65.3 Å². The van der Waals surface area contributed by atoms with Gasteiger partial charge in [-0.15, -0.1) is 0 Å².